The quantitative estimate of drug-likeness (QED) is 0.185. The fourth-order valence-electron chi connectivity index (χ4n) is 0.923. The molecule has 0 aliphatic carbocycles. The molecule has 0 aromatic heterocycles. The first-order valence-electron chi connectivity index (χ1n) is 3.32. The fraction of sp³-hybridized carbons (Fsp3) is 0. The molecule has 8 heteroatoms. The molecule has 1 aromatic rings. The molecule has 14 heavy (non-hydrogen) atoms. The van der Waals surface area contributed by atoms with E-state index in [0.717, 1.165) is 6.07 Å². The van der Waals surface area contributed by atoms with E-state index in [4.69, 9.17) is 26.2 Å². The van der Waals surface area contributed by atoms with Crippen molar-refractivity contribution in [2.75, 3.05) is 11.5 Å². The van der Waals surface area contributed by atoms with Crippen molar-refractivity contribution in [3.8, 4) is 11.5 Å². The molecule has 0 atom stereocenters. The van der Waals surface area contributed by atoms with Gasteiger partial charge in [0.25, 0.3) is 0 Å². The lowest BCUT2D eigenvalue weighted by Gasteiger charge is -2.08. The van der Waals surface area contributed by atoms with Gasteiger partial charge in [-0.05, 0) is 6.07 Å². The number of benzene rings is 1. The molecule has 7 nitrogen and oxygen atoms in total. The number of aromatic hydroxyl groups is 2. The number of nitrogens with two attached hydrogens (primary N) is 2. The molecule has 0 fully saturated rings. The van der Waals surface area contributed by atoms with Crippen molar-refractivity contribution >= 4 is 21.5 Å². The minimum absolute atomic E-state index is 0.354. The van der Waals surface area contributed by atoms with E-state index in [9.17, 15) is 8.42 Å². The highest BCUT2D eigenvalue weighted by atomic mass is 32.2. The summed E-state index contributed by atoms with van der Waals surface area (Å²) in [6.07, 6.45) is 0. The normalized spacial score (nSPS) is 11.5. The standard InChI is InChI=1S/C6H8N2O5S/c7-2-1-3(8)5(10)6(4(2)9)14(11,12)13/h1,9-10H,7-8H2,(H,11,12,13). The first-order chi connectivity index (χ1) is 6.25. The number of phenolic OH excluding ortho intramolecular Hbond substituents is 2. The molecule has 0 heterocycles. The van der Waals surface area contributed by atoms with Gasteiger partial charge in [-0.15, -0.1) is 0 Å². The molecule has 0 bridgehead atoms. The Kier molecular flexibility index (Phi) is 2.18. The fourth-order valence-corrected chi connectivity index (χ4v) is 1.65. The third kappa shape index (κ3) is 1.52. The summed E-state index contributed by atoms with van der Waals surface area (Å²) in [5.41, 5.74) is 9.63. The zero-order chi connectivity index (χ0) is 11.1. The molecule has 0 amide bonds. The molecule has 0 aliphatic heterocycles. The Balaban J connectivity index is 3.74. The maximum absolute atomic E-state index is 10.7. The average molecular weight is 220 g/mol. The molecule has 1 aromatic carbocycles. The lowest BCUT2D eigenvalue weighted by molar-refractivity contribution is 0.413. The van der Waals surface area contributed by atoms with E-state index in [-0.39, 0.29) is 11.4 Å². The molecule has 0 radical (unpaired) electrons. The Labute approximate surface area is 79.3 Å². The van der Waals surface area contributed by atoms with E-state index >= 15 is 0 Å². The maximum atomic E-state index is 10.7. The van der Waals surface area contributed by atoms with E-state index in [1.54, 1.807) is 0 Å². The molecule has 1 rings (SSSR count). The Morgan fingerprint density at radius 1 is 1.07 bits per heavy atom. The van der Waals surface area contributed by atoms with Gasteiger partial charge >= 0.3 is 10.1 Å². The highest BCUT2D eigenvalue weighted by Crippen LogP contribution is 2.40. The van der Waals surface area contributed by atoms with Crippen molar-refractivity contribution in [3.63, 3.8) is 0 Å². The van der Waals surface area contributed by atoms with Crippen LogP contribution in [0.5, 0.6) is 11.5 Å². The summed E-state index contributed by atoms with van der Waals surface area (Å²) in [5.74, 6) is -1.86. The van der Waals surface area contributed by atoms with Crippen molar-refractivity contribution in [1.82, 2.24) is 0 Å². The maximum Gasteiger partial charge on any atom is 0.302 e. The third-order valence-electron chi connectivity index (χ3n) is 1.55. The number of phenols is 2. The van der Waals surface area contributed by atoms with Gasteiger partial charge in [0.1, 0.15) is 0 Å². The van der Waals surface area contributed by atoms with Crippen molar-refractivity contribution in [3.05, 3.63) is 6.07 Å². The lowest BCUT2D eigenvalue weighted by Crippen LogP contribution is -2.03. The lowest BCUT2D eigenvalue weighted by atomic mass is 10.2. The molecule has 0 unspecified atom stereocenters. The first kappa shape index (κ1) is 10.4. The molecular formula is C6H8N2O5S. The van der Waals surface area contributed by atoms with E-state index in [1.807, 2.05) is 0 Å². The predicted octanol–water partition coefficient (Wildman–Crippen LogP) is -0.491. The summed E-state index contributed by atoms with van der Waals surface area (Å²) in [4.78, 5) is -1.09. The summed E-state index contributed by atoms with van der Waals surface area (Å²) in [7, 11) is -4.77. The van der Waals surface area contributed by atoms with Gasteiger partial charge in [-0.1, -0.05) is 0 Å². The van der Waals surface area contributed by atoms with Gasteiger partial charge < -0.3 is 21.7 Å². The summed E-state index contributed by atoms with van der Waals surface area (Å²) < 4.78 is 30.0. The van der Waals surface area contributed by atoms with Crippen LogP contribution in [0.2, 0.25) is 0 Å². The summed E-state index contributed by atoms with van der Waals surface area (Å²) in [6.45, 7) is 0. The van der Waals surface area contributed by atoms with E-state index in [1.165, 1.54) is 0 Å². The number of hydrogen-bond donors (Lipinski definition) is 5. The third-order valence-corrected chi connectivity index (χ3v) is 2.45. The Morgan fingerprint density at radius 3 is 1.71 bits per heavy atom. The van der Waals surface area contributed by atoms with Crippen LogP contribution in [0.3, 0.4) is 0 Å². The van der Waals surface area contributed by atoms with Crippen LogP contribution in [0.4, 0.5) is 11.4 Å². The van der Waals surface area contributed by atoms with Gasteiger partial charge in [-0.2, -0.15) is 8.42 Å². The van der Waals surface area contributed by atoms with Gasteiger partial charge in [0.2, 0.25) is 0 Å². The second kappa shape index (κ2) is 2.93. The zero-order valence-corrected chi connectivity index (χ0v) is 7.61. The van der Waals surface area contributed by atoms with Gasteiger partial charge in [0, 0.05) is 0 Å². The van der Waals surface area contributed by atoms with Crippen LogP contribution < -0.4 is 11.5 Å². The monoisotopic (exact) mass is 220 g/mol. The smallest absolute Gasteiger partial charge is 0.302 e. The number of nitrogen functional groups attached to an aromatic ring is 2. The van der Waals surface area contributed by atoms with E-state index in [0.29, 0.717) is 0 Å². The molecule has 0 spiro atoms. The topological polar surface area (TPSA) is 147 Å². The zero-order valence-electron chi connectivity index (χ0n) is 6.80. The Hall–Kier alpha value is -1.67. The number of hydrogen-bond acceptors (Lipinski definition) is 6. The Bertz CT molecular complexity index is 455. The highest BCUT2D eigenvalue weighted by Gasteiger charge is 2.24. The summed E-state index contributed by atoms with van der Waals surface area (Å²) >= 11 is 0. The molecular weight excluding hydrogens is 212 g/mol. The predicted molar refractivity (Wildman–Crippen MR) is 48.4 cm³/mol. The molecule has 0 aliphatic rings. The molecule has 78 valence electrons. The largest absolute Gasteiger partial charge is 0.504 e. The van der Waals surface area contributed by atoms with Crippen LogP contribution >= 0.6 is 0 Å². The van der Waals surface area contributed by atoms with Crippen LogP contribution in [-0.4, -0.2) is 23.2 Å². The number of anilines is 2. The van der Waals surface area contributed by atoms with Crippen LogP contribution in [-0.2, 0) is 10.1 Å². The molecule has 7 N–H and O–H groups in total. The highest BCUT2D eigenvalue weighted by molar-refractivity contribution is 7.86. The van der Waals surface area contributed by atoms with Gasteiger partial charge in [-0.25, -0.2) is 0 Å². The van der Waals surface area contributed by atoms with Crippen molar-refractivity contribution in [2.24, 2.45) is 0 Å². The van der Waals surface area contributed by atoms with Crippen LogP contribution in [0.25, 0.3) is 0 Å². The van der Waals surface area contributed by atoms with Crippen LogP contribution in [0.15, 0.2) is 11.0 Å². The van der Waals surface area contributed by atoms with Crippen LogP contribution in [0.1, 0.15) is 0 Å². The van der Waals surface area contributed by atoms with Gasteiger partial charge in [-0.3, -0.25) is 4.55 Å². The minimum Gasteiger partial charge on any atom is -0.504 e. The average Bonchev–Trinajstić information content (AvgIpc) is 1.98. The van der Waals surface area contributed by atoms with E-state index < -0.39 is 26.5 Å². The second-order valence-electron chi connectivity index (χ2n) is 2.56. The Morgan fingerprint density at radius 2 is 1.43 bits per heavy atom. The summed E-state index contributed by atoms with van der Waals surface area (Å²) in [5, 5.41) is 18.3. The van der Waals surface area contributed by atoms with Gasteiger partial charge in [0.15, 0.2) is 16.4 Å². The van der Waals surface area contributed by atoms with Crippen LogP contribution in [0, 0.1) is 0 Å². The minimum atomic E-state index is -4.77. The summed E-state index contributed by atoms with van der Waals surface area (Å²) in [6, 6.07) is 0.972. The first-order valence-corrected chi connectivity index (χ1v) is 4.76. The molecule has 0 saturated carbocycles. The SMILES string of the molecule is Nc1cc(N)c(O)c(S(=O)(=O)O)c1O. The van der Waals surface area contributed by atoms with Gasteiger partial charge in [0.05, 0.1) is 11.4 Å². The van der Waals surface area contributed by atoms with E-state index in [2.05, 4.69) is 0 Å². The number of rotatable bonds is 1. The van der Waals surface area contributed by atoms with Crippen molar-refractivity contribution in [2.45, 2.75) is 4.90 Å². The second-order valence-corrected chi connectivity index (χ2v) is 3.91. The van der Waals surface area contributed by atoms with Crippen molar-refractivity contribution in [1.29, 1.82) is 0 Å². The van der Waals surface area contributed by atoms with Crippen molar-refractivity contribution < 1.29 is 23.2 Å². The molecule has 0 saturated heterocycles.